The van der Waals surface area contributed by atoms with Crippen molar-refractivity contribution in [3.63, 3.8) is 0 Å². The van der Waals surface area contributed by atoms with Crippen molar-refractivity contribution < 1.29 is 14.8 Å². The molecule has 0 fully saturated rings. The Hall–Kier alpha value is -3.67. The number of aryl methyl sites for hydroxylation is 1. The molecule has 3 aromatic rings. The van der Waals surface area contributed by atoms with Gasteiger partial charge in [-0.2, -0.15) is 4.98 Å². The Morgan fingerprint density at radius 3 is 2.58 bits per heavy atom. The molecule has 0 spiro atoms. The number of ether oxygens (including phenoxy) is 1. The van der Waals surface area contributed by atoms with Gasteiger partial charge in [0.15, 0.2) is 11.2 Å². The smallest absolute Gasteiger partial charge is 0.329 e. The van der Waals surface area contributed by atoms with E-state index < -0.39 is 22.3 Å². The van der Waals surface area contributed by atoms with Crippen LogP contribution in [0.15, 0.2) is 33.9 Å². The molecular weight excluding hydrogens is 408 g/mol. The molecule has 166 valence electrons. The first-order valence-corrected chi connectivity index (χ1v) is 9.66. The second-order valence-electron chi connectivity index (χ2n) is 7.53. The summed E-state index contributed by atoms with van der Waals surface area (Å²) in [6.45, 7) is 4.45. The zero-order valence-electron chi connectivity index (χ0n) is 17.4. The molecule has 1 atom stereocenters. The van der Waals surface area contributed by atoms with Crippen molar-refractivity contribution in [2.75, 3.05) is 18.5 Å². The van der Waals surface area contributed by atoms with E-state index in [0.717, 1.165) is 0 Å². The van der Waals surface area contributed by atoms with Crippen LogP contribution in [0.25, 0.3) is 11.2 Å². The van der Waals surface area contributed by atoms with Crippen LogP contribution in [0.3, 0.4) is 0 Å². The van der Waals surface area contributed by atoms with Gasteiger partial charge >= 0.3 is 5.69 Å². The first-order chi connectivity index (χ1) is 14.7. The number of nitrogens with one attached hydrogen (secondary N) is 2. The number of aromatic nitrogens is 4. The van der Waals surface area contributed by atoms with Crippen LogP contribution in [0, 0.1) is 16.0 Å². The van der Waals surface area contributed by atoms with Crippen molar-refractivity contribution in [1.29, 1.82) is 0 Å². The van der Waals surface area contributed by atoms with Crippen LogP contribution in [0.1, 0.15) is 13.8 Å². The number of aromatic amines is 1. The standard InChI is InChI=1S/C19H24N6O6/c1-11(2)8-20-18-21-16-15(17(27)22-19(28)23(16)3)24(18)9-13(26)10-31-14-6-4-12(5-7-14)25(29)30/h4-7,11,13,26H,8-10H2,1-3H3,(H,20,21)(H,22,27,28). The third kappa shape index (κ3) is 4.91. The van der Waals surface area contributed by atoms with E-state index >= 15 is 0 Å². The number of H-pyrrole nitrogens is 1. The molecule has 2 aromatic heterocycles. The summed E-state index contributed by atoms with van der Waals surface area (Å²) in [5.74, 6) is 1.01. The van der Waals surface area contributed by atoms with Gasteiger partial charge in [-0.25, -0.2) is 4.79 Å². The summed E-state index contributed by atoms with van der Waals surface area (Å²) < 4.78 is 8.25. The maximum absolute atomic E-state index is 12.4. The van der Waals surface area contributed by atoms with E-state index in [0.29, 0.717) is 24.2 Å². The van der Waals surface area contributed by atoms with Gasteiger partial charge < -0.3 is 19.7 Å². The Morgan fingerprint density at radius 1 is 1.29 bits per heavy atom. The summed E-state index contributed by atoms with van der Waals surface area (Å²) in [7, 11) is 1.50. The summed E-state index contributed by atoms with van der Waals surface area (Å²) in [5, 5.41) is 24.4. The molecular formula is C19H24N6O6. The fraction of sp³-hybridized carbons (Fsp3) is 0.421. The Balaban J connectivity index is 1.83. The number of nitrogens with zero attached hydrogens (tertiary/aromatic N) is 4. The van der Waals surface area contributed by atoms with E-state index in [1.165, 1.54) is 40.4 Å². The largest absolute Gasteiger partial charge is 0.491 e. The lowest BCUT2D eigenvalue weighted by Gasteiger charge is -2.16. The molecule has 12 nitrogen and oxygen atoms in total. The average Bonchev–Trinajstić information content (AvgIpc) is 3.08. The Kier molecular flexibility index (Phi) is 6.39. The lowest BCUT2D eigenvalue weighted by molar-refractivity contribution is -0.384. The zero-order valence-corrected chi connectivity index (χ0v) is 17.4. The normalized spacial score (nSPS) is 12.3. The van der Waals surface area contributed by atoms with Crippen LogP contribution in [0.2, 0.25) is 0 Å². The van der Waals surface area contributed by atoms with Crippen LogP contribution in [-0.2, 0) is 13.6 Å². The molecule has 0 saturated carbocycles. The summed E-state index contributed by atoms with van der Waals surface area (Å²) in [4.78, 5) is 41.2. The summed E-state index contributed by atoms with van der Waals surface area (Å²) in [5.41, 5.74) is -0.902. The molecule has 0 aliphatic rings. The van der Waals surface area contributed by atoms with Crippen LogP contribution in [-0.4, -0.2) is 48.4 Å². The number of aliphatic hydroxyl groups is 1. The highest BCUT2D eigenvalue weighted by atomic mass is 16.6. The lowest BCUT2D eigenvalue weighted by atomic mass is 10.2. The Bertz CT molecular complexity index is 1190. The van der Waals surface area contributed by atoms with E-state index in [9.17, 15) is 24.8 Å². The van der Waals surface area contributed by atoms with Gasteiger partial charge in [-0.15, -0.1) is 0 Å². The van der Waals surface area contributed by atoms with Crippen LogP contribution < -0.4 is 21.3 Å². The van der Waals surface area contributed by atoms with Gasteiger partial charge in [-0.3, -0.25) is 24.5 Å². The van der Waals surface area contributed by atoms with Gasteiger partial charge in [0.25, 0.3) is 11.2 Å². The van der Waals surface area contributed by atoms with Crippen molar-refractivity contribution in [1.82, 2.24) is 19.1 Å². The Labute approximate surface area is 176 Å². The number of fused-ring (bicyclic) bond motifs is 1. The van der Waals surface area contributed by atoms with Crippen LogP contribution >= 0.6 is 0 Å². The molecule has 0 radical (unpaired) electrons. The average molecular weight is 432 g/mol. The quantitative estimate of drug-likeness (QED) is 0.331. The van der Waals surface area contributed by atoms with Crippen molar-refractivity contribution in [3.05, 3.63) is 55.2 Å². The van der Waals surface area contributed by atoms with E-state index in [2.05, 4.69) is 15.3 Å². The summed E-state index contributed by atoms with van der Waals surface area (Å²) in [6, 6.07) is 5.49. The molecule has 0 aliphatic heterocycles. The molecule has 1 aromatic carbocycles. The van der Waals surface area contributed by atoms with E-state index in [4.69, 9.17) is 4.74 Å². The zero-order chi connectivity index (χ0) is 22.7. The second-order valence-corrected chi connectivity index (χ2v) is 7.53. The number of aliphatic hydroxyl groups excluding tert-OH is 1. The Morgan fingerprint density at radius 2 is 1.97 bits per heavy atom. The van der Waals surface area contributed by atoms with Crippen molar-refractivity contribution >= 4 is 22.8 Å². The number of nitro groups is 1. The maximum atomic E-state index is 12.4. The molecule has 0 saturated heterocycles. The predicted molar refractivity (Wildman–Crippen MR) is 114 cm³/mol. The highest BCUT2D eigenvalue weighted by Gasteiger charge is 2.20. The number of imidazole rings is 1. The molecule has 31 heavy (non-hydrogen) atoms. The van der Waals surface area contributed by atoms with Gasteiger partial charge in [0.1, 0.15) is 18.5 Å². The minimum Gasteiger partial charge on any atom is -0.491 e. The topological polar surface area (TPSA) is 157 Å². The van der Waals surface area contributed by atoms with Gasteiger partial charge in [0.2, 0.25) is 5.95 Å². The number of hydrogen-bond donors (Lipinski definition) is 3. The SMILES string of the molecule is CC(C)CNc1nc2c(c(=O)[nH]c(=O)n2C)n1CC(O)COc1ccc([N+](=O)[O-])cc1. The molecule has 0 bridgehead atoms. The third-order valence-corrected chi connectivity index (χ3v) is 4.56. The first-order valence-electron chi connectivity index (χ1n) is 9.66. The van der Waals surface area contributed by atoms with Crippen molar-refractivity contribution in [2.45, 2.75) is 26.5 Å². The monoisotopic (exact) mass is 432 g/mol. The molecule has 0 amide bonds. The molecule has 0 aliphatic carbocycles. The molecule has 3 rings (SSSR count). The lowest BCUT2D eigenvalue weighted by Crippen LogP contribution is -2.31. The molecule has 2 heterocycles. The van der Waals surface area contributed by atoms with Crippen LogP contribution in [0.4, 0.5) is 11.6 Å². The predicted octanol–water partition coefficient (Wildman–Crippen LogP) is 0.839. The van der Waals surface area contributed by atoms with Gasteiger partial charge in [-0.1, -0.05) is 13.8 Å². The second kappa shape index (κ2) is 9.00. The van der Waals surface area contributed by atoms with Gasteiger partial charge in [0, 0.05) is 25.7 Å². The highest BCUT2D eigenvalue weighted by Crippen LogP contribution is 2.19. The number of rotatable bonds is 9. The third-order valence-electron chi connectivity index (χ3n) is 4.56. The fourth-order valence-corrected chi connectivity index (χ4v) is 2.96. The summed E-state index contributed by atoms with van der Waals surface area (Å²) >= 11 is 0. The minimum atomic E-state index is -1.02. The van der Waals surface area contributed by atoms with Crippen molar-refractivity contribution in [3.8, 4) is 5.75 Å². The highest BCUT2D eigenvalue weighted by molar-refractivity contribution is 5.74. The van der Waals surface area contributed by atoms with Crippen molar-refractivity contribution in [2.24, 2.45) is 13.0 Å². The molecule has 3 N–H and O–H groups in total. The van der Waals surface area contributed by atoms with Crippen LogP contribution in [0.5, 0.6) is 5.75 Å². The number of non-ortho nitro benzene ring substituents is 1. The van der Waals surface area contributed by atoms with Gasteiger partial charge in [0.05, 0.1) is 11.5 Å². The number of benzene rings is 1. The van der Waals surface area contributed by atoms with E-state index in [1.807, 2.05) is 13.8 Å². The minimum absolute atomic E-state index is 0.0226. The maximum Gasteiger partial charge on any atom is 0.329 e. The van der Waals surface area contributed by atoms with Gasteiger partial charge in [-0.05, 0) is 18.1 Å². The molecule has 12 heteroatoms. The summed E-state index contributed by atoms with van der Waals surface area (Å²) in [6.07, 6.45) is -1.02. The first kappa shape index (κ1) is 22.0. The number of hydrogen-bond acceptors (Lipinski definition) is 8. The number of nitro benzene ring substituents is 1. The van der Waals surface area contributed by atoms with E-state index in [-0.39, 0.29) is 30.0 Å². The number of anilines is 1. The fourth-order valence-electron chi connectivity index (χ4n) is 2.96. The van der Waals surface area contributed by atoms with E-state index in [1.54, 1.807) is 0 Å². The molecule has 1 unspecified atom stereocenters.